The molecule has 1 aliphatic heterocycles. The van der Waals surface area contributed by atoms with E-state index in [0.717, 1.165) is 22.1 Å². The number of methoxy groups -OCH3 is 2. The molecule has 13 heteroatoms. The first-order valence-electron chi connectivity index (χ1n) is 16.4. The topological polar surface area (TPSA) is 138 Å². The van der Waals surface area contributed by atoms with Gasteiger partial charge in [0, 0.05) is 68.4 Å². The van der Waals surface area contributed by atoms with E-state index >= 15 is 0 Å². The second-order valence-electron chi connectivity index (χ2n) is 12.1. The van der Waals surface area contributed by atoms with Crippen LogP contribution in [0.5, 0.6) is 11.5 Å². The standard InChI is InChI=1S/C38H35FN8O4/c1-50-26-8-9-29(34(20-26)51-2)32-21-36(42-23-41-32)43-35-19-25(11-12-40-35)22-46-13-15-47(16-14-46)38(49)30-17-24(7-10-31(30)39)18-33-27-5-3-4-6-28(27)37(48)45-44-33/h3-12,17,19-21,23H,13-16,18,22H2,1-2H3,(H,45,48)(H,40,41,42,43). The number of anilines is 2. The van der Waals surface area contributed by atoms with E-state index in [-0.39, 0.29) is 17.0 Å². The summed E-state index contributed by atoms with van der Waals surface area (Å²) >= 11 is 0. The van der Waals surface area contributed by atoms with Crippen molar-refractivity contribution in [3.63, 3.8) is 0 Å². The molecule has 1 amide bonds. The van der Waals surface area contributed by atoms with Gasteiger partial charge in [0.15, 0.2) is 0 Å². The average Bonchev–Trinajstić information content (AvgIpc) is 3.17. The maximum atomic E-state index is 15.0. The Morgan fingerprint density at radius 1 is 0.863 bits per heavy atom. The Balaban J connectivity index is 0.976. The molecule has 0 unspecified atom stereocenters. The number of aromatic amines is 1. The van der Waals surface area contributed by atoms with Gasteiger partial charge >= 0.3 is 0 Å². The number of carbonyl (C=O) groups is 1. The highest BCUT2D eigenvalue weighted by atomic mass is 19.1. The number of nitrogens with one attached hydrogen (secondary N) is 2. The Labute approximate surface area is 292 Å². The number of H-pyrrole nitrogens is 1. The summed E-state index contributed by atoms with van der Waals surface area (Å²) in [5.74, 6) is 1.61. The van der Waals surface area contributed by atoms with E-state index in [1.165, 1.54) is 12.4 Å². The van der Waals surface area contributed by atoms with Crippen LogP contribution in [-0.2, 0) is 13.0 Å². The van der Waals surface area contributed by atoms with Gasteiger partial charge in [0.05, 0.1) is 36.6 Å². The van der Waals surface area contributed by atoms with Gasteiger partial charge in [-0.1, -0.05) is 24.3 Å². The zero-order chi connectivity index (χ0) is 35.3. The summed E-state index contributed by atoms with van der Waals surface area (Å²) < 4.78 is 25.9. The maximum Gasteiger partial charge on any atom is 0.272 e. The lowest BCUT2D eigenvalue weighted by atomic mass is 10.0. The van der Waals surface area contributed by atoms with Gasteiger partial charge in [-0.2, -0.15) is 5.10 Å². The predicted molar refractivity (Wildman–Crippen MR) is 191 cm³/mol. The van der Waals surface area contributed by atoms with Crippen molar-refractivity contribution in [1.29, 1.82) is 0 Å². The van der Waals surface area contributed by atoms with E-state index in [1.54, 1.807) is 55.6 Å². The first-order valence-corrected chi connectivity index (χ1v) is 16.4. The monoisotopic (exact) mass is 686 g/mol. The lowest BCUT2D eigenvalue weighted by Gasteiger charge is -2.35. The van der Waals surface area contributed by atoms with Crippen LogP contribution in [0.15, 0.2) is 96.2 Å². The maximum absolute atomic E-state index is 15.0. The molecule has 1 aliphatic rings. The van der Waals surface area contributed by atoms with E-state index in [0.29, 0.717) is 79.1 Å². The molecule has 1 saturated heterocycles. The molecule has 0 saturated carbocycles. The minimum Gasteiger partial charge on any atom is -0.497 e. The van der Waals surface area contributed by atoms with Crippen LogP contribution >= 0.6 is 0 Å². The van der Waals surface area contributed by atoms with Gasteiger partial charge in [-0.3, -0.25) is 14.5 Å². The number of hydrogen-bond donors (Lipinski definition) is 2. The molecular weight excluding hydrogens is 651 g/mol. The second-order valence-corrected chi connectivity index (χ2v) is 12.1. The summed E-state index contributed by atoms with van der Waals surface area (Å²) in [7, 11) is 3.20. The molecule has 0 spiro atoms. The van der Waals surface area contributed by atoms with Gasteiger partial charge in [0.2, 0.25) is 0 Å². The molecule has 12 nitrogen and oxygen atoms in total. The molecule has 2 N–H and O–H groups in total. The van der Waals surface area contributed by atoms with E-state index in [4.69, 9.17) is 9.47 Å². The highest BCUT2D eigenvalue weighted by molar-refractivity contribution is 5.95. The van der Waals surface area contributed by atoms with Crippen LogP contribution in [0.4, 0.5) is 16.0 Å². The van der Waals surface area contributed by atoms with Gasteiger partial charge in [0.1, 0.15) is 35.3 Å². The van der Waals surface area contributed by atoms with E-state index < -0.39 is 5.82 Å². The molecule has 51 heavy (non-hydrogen) atoms. The number of piperazine rings is 1. The van der Waals surface area contributed by atoms with E-state index in [9.17, 15) is 14.0 Å². The molecular formula is C38H35FN8O4. The van der Waals surface area contributed by atoms with Crippen molar-refractivity contribution in [2.75, 3.05) is 45.7 Å². The van der Waals surface area contributed by atoms with Crippen molar-refractivity contribution in [2.24, 2.45) is 0 Å². The number of benzene rings is 3. The predicted octanol–water partition coefficient (Wildman–Crippen LogP) is 5.22. The number of rotatable bonds is 10. The summed E-state index contributed by atoms with van der Waals surface area (Å²) in [5, 5.41) is 11.3. The largest absolute Gasteiger partial charge is 0.497 e. The summed E-state index contributed by atoms with van der Waals surface area (Å²) in [4.78, 5) is 42.9. The molecule has 0 radical (unpaired) electrons. The minimum atomic E-state index is -0.568. The normalized spacial score (nSPS) is 13.3. The third-order valence-corrected chi connectivity index (χ3v) is 8.91. The average molecular weight is 687 g/mol. The highest BCUT2D eigenvalue weighted by Crippen LogP contribution is 2.33. The molecule has 3 aromatic carbocycles. The number of ether oxygens (including phenoxy) is 2. The Morgan fingerprint density at radius 2 is 1.67 bits per heavy atom. The molecule has 4 heterocycles. The zero-order valence-corrected chi connectivity index (χ0v) is 28.1. The first-order chi connectivity index (χ1) is 24.9. The minimum absolute atomic E-state index is 0.0258. The molecule has 258 valence electrons. The lowest BCUT2D eigenvalue weighted by Crippen LogP contribution is -2.48. The lowest BCUT2D eigenvalue weighted by molar-refractivity contribution is 0.0624. The van der Waals surface area contributed by atoms with Crippen LogP contribution < -0.4 is 20.3 Å². The van der Waals surface area contributed by atoms with Gasteiger partial charge in [-0.15, -0.1) is 0 Å². The molecule has 7 rings (SSSR count). The second kappa shape index (κ2) is 14.7. The summed E-state index contributed by atoms with van der Waals surface area (Å²) in [6.45, 7) is 2.84. The van der Waals surface area contributed by atoms with Crippen LogP contribution in [-0.4, -0.2) is 81.3 Å². The number of fused-ring (bicyclic) bond motifs is 1. The third-order valence-electron chi connectivity index (χ3n) is 8.91. The van der Waals surface area contributed by atoms with Crippen LogP contribution in [0.2, 0.25) is 0 Å². The van der Waals surface area contributed by atoms with Crippen molar-refractivity contribution >= 4 is 28.3 Å². The number of nitrogens with zero attached hydrogens (tertiary/aromatic N) is 6. The fourth-order valence-electron chi connectivity index (χ4n) is 6.24. The first kappa shape index (κ1) is 33.3. The fraction of sp³-hybridized carbons (Fsp3) is 0.211. The zero-order valence-electron chi connectivity index (χ0n) is 28.1. The van der Waals surface area contributed by atoms with Crippen molar-refractivity contribution in [3.8, 4) is 22.8 Å². The van der Waals surface area contributed by atoms with Crippen LogP contribution in [0, 0.1) is 5.82 Å². The van der Waals surface area contributed by atoms with Crippen LogP contribution in [0.25, 0.3) is 22.0 Å². The van der Waals surface area contributed by atoms with E-state index in [1.807, 2.05) is 42.5 Å². The molecule has 1 fully saturated rings. The van der Waals surface area contributed by atoms with Gasteiger partial charge < -0.3 is 19.7 Å². The number of amides is 1. The molecule has 3 aromatic heterocycles. The van der Waals surface area contributed by atoms with Crippen LogP contribution in [0.3, 0.4) is 0 Å². The summed E-state index contributed by atoms with van der Waals surface area (Å²) in [6, 6.07) is 23.1. The molecule has 6 aromatic rings. The number of carbonyl (C=O) groups excluding carboxylic acids is 1. The molecule has 0 atom stereocenters. The number of hydrogen-bond acceptors (Lipinski definition) is 10. The summed E-state index contributed by atoms with van der Waals surface area (Å²) in [6.07, 6.45) is 3.57. The number of aromatic nitrogens is 5. The smallest absolute Gasteiger partial charge is 0.272 e. The summed E-state index contributed by atoms with van der Waals surface area (Å²) in [5.41, 5.74) is 3.65. The Kier molecular flexibility index (Phi) is 9.61. The quantitative estimate of drug-likeness (QED) is 0.197. The van der Waals surface area contributed by atoms with Crippen molar-refractivity contribution in [1.82, 2.24) is 34.9 Å². The van der Waals surface area contributed by atoms with E-state index in [2.05, 4.69) is 35.4 Å². The molecule has 0 bridgehead atoms. The van der Waals surface area contributed by atoms with Crippen molar-refractivity contribution in [3.05, 3.63) is 130 Å². The third kappa shape index (κ3) is 7.38. The Bertz CT molecular complexity index is 2270. The van der Waals surface area contributed by atoms with Crippen molar-refractivity contribution < 1.29 is 18.7 Å². The van der Waals surface area contributed by atoms with Crippen LogP contribution in [0.1, 0.15) is 27.2 Å². The highest BCUT2D eigenvalue weighted by Gasteiger charge is 2.25. The van der Waals surface area contributed by atoms with Gasteiger partial charge in [-0.05, 0) is 53.6 Å². The number of pyridine rings is 1. The fourth-order valence-corrected chi connectivity index (χ4v) is 6.24. The van der Waals surface area contributed by atoms with Gasteiger partial charge in [-0.25, -0.2) is 24.4 Å². The Hall–Kier alpha value is -6.21. The Morgan fingerprint density at radius 3 is 2.47 bits per heavy atom. The molecule has 0 aliphatic carbocycles. The SMILES string of the molecule is COc1ccc(-c2cc(Nc3cc(CN4CCN(C(=O)c5cc(Cc6n[nH]c(=O)c7ccccc67)ccc5F)CC4)ccn3)ncn2)c(OC)c1. The van der Waals surface area contributed by atoms with Gasteiger partial charge in [0.25, 0.3) is 11.5 Å². The number of halogens is 1. The van der Waals surface area contributed by atoms with Crippen molar-refractivity contribution in [2.45, 2.75) is 13.0 Å².